The highest BCUT2D eigenvalue weighted by Gasteiger charge is 2.17. The van der Waals surface area contributed by atoms with E-state index in [4.69, 9.17) is 10.00 Å². The van der Waals surface area contributed by atoms with Crippen molar-refractivity contribution in [1.29, 1.82) is 5.26 Å². The Kier molecular flexibility index (Phi) is 8.33. The van der Waals surface area contributed by atoms with Gasteiger partial charge in [-0.2, -0.15) is 10.4 Å². The van der Waals surface area contributed by atoms with Gasteiger partial charge in [0, 0.05) is 10.0 Å². The van der Waals surface area contributed by atoms with Crippen molar-refractivity contribution in [3.8, 4) is 11.8 Å². The van der Waals surface area contributed by atoms with Crippen molar-refractivity contribution in [3.63, 3.8) is 0 Å². The van der Waals surface area contributed by atoms with E-state index in [2.05, 4.69) is 37.8 Å². The molecule has 7 nitrogen and oxygen atoms in total. The van der Waals surface area contributed by atoms with Crippen LogP contribution in [0.25, 0.3) is 0 Å². The Balaban J connectivity index is 1.48. The number of ether oxygens (including phenoxy) is 1. The Bertz CT molecular complexity index is 1200. The van der Waals surface area contributed by atoms with Gasteiger partial charge in [-0.25, -0.2) is 5.43 Å². The average Bonchev–Trinajstić information content (AvgIpc) is 2.83. The number of rotatable bonds is 8. The lowest BCUT2D eigenvalue weighted by atomic mass is 10.1. The molecule has 0 aromatic heterocycles. The molecule has 2 amide bonds. The standard InChI is InChI=1S/C25H21BrN4O3/c1-17(29-25(32)22-8-4-5-9-23(22)26)24(31)30-28-15-18-10-12-21(13-11-18)33-16-20-7-3-2-6-19(20)14-27/h2-13,15,17H,16H2,1H3,(H,29,32)(H,30,31). The van der Waals surface area contributed by atoms with Crippen LogP contribution in [0.5, 0.6) is 5.75 Å². The summed E-state index contributed by atoms with van der Waals surface area (Å²) in [6, 6.07) is 22.8. The van der Waals surface area contributed by atoms with E-state index in [1.54, 1.807) is 61.5 Å². The zero-order chi connectivity index (χ0) is 23.6. The van der Waals surface area contributed by atoms with Gasteiger partial charge in [0.25, 0.3) is 11.8 Å². The van der Waals surface area contributed by atoms with Gasteiger partial charge in [-0.15, -0.1) is 0 Å². The summed E-state index contributed by atoms with van der Waals surface area (Å²) in [5.41, 5.74) is 5.01. The quantitative estimate of drug-likeness (QED) is 0.354. The number of carbonyl (C=O) groups excluding carboxylic acids is 2. The fourth-order valence-electron chi connectivity index (χ4n) is 2.82. The summed E-state index contributed by atoms with van der Waals surface area (Å²) < 4.78 is 6.38. The number of nitriles is 1. The lowest BCUT2D eigenvalue weighted by Crippen LogP contribution is -2.43. The molecule has 0 saturated heterocycles. The van der Waals surface area contributed by atoms with Crippen molar-refractivity contribution in [3.05, 3.63) is 99.5 Å². The molecular weight excluding hydrogens is 484 g/mol. The van der Waals surface area contributed by atoms with Gasteiger partial charge in [-0.3, -0.25) is 9.59 Å². The Morgan fingerprint density at radius 3 is 2.52 bits per heavy atom. The normalized spacial score (nSPS) is 11.4. The van der Waals surface area contributed by atoms with Crippen molar-refractivity contribution in [2.75, 3.05) is 0 Å². The highest BCUT2D eigenvalue weighted by atomic mass is 79.9. The third kappa shape index (κ3) is 6.76. The minimum atomic E-state index is -0.770. The summed E-state index contributed by atoms with van der Waals surface area (Å²) in [5.74, 6) is -0.155. The van der Waals surface area contributed by atoms with E-state index in [0.717, 1.165) is 11.1 Å². The summed E-state index contributed by atoms with van der Waals surface area (Å²) in [7, 11) is 0. The molecule has 3 rings (SSSR count). The van der Waals surface area contributed by atoms with Gasteiger partial charge >= 0.3 is 0 Å². The molecule has 0 aliphatic carbocycles. The number of hydrogen-bond acceptors (Lipinski definition) is 5. The van der Waals surface area contributed by atoms with Crippen molar-refractivity contribution in [1.82, 2.24) is 10.7 Å². The lowest BCUT2D eigenvalue weighted by molar-refractivity contribution is -0.122. The maximum atomic E-state index is 12.3. The Morgan fingerprint density at radius 1 is 1.09 bits per heavy atom. The monoisotopic (exact) mass is 504 g/mol. The summed E-state index contributed by atoms with van der Waals surface area (Å²) in [5, 5.41) is 15.7. The number of carbonyl (C=O) groups is 2. The molecule has 166 valence electrons. The molecule has 0 spiro atoms. The number of hydrogen-bond donors (Lipinski definition) is 2. The zero-order valence-electron chi connectivity index (χ0n) is 17.8. The molecule has 33 heavy (non-hydrogen) atoms. The maximum Gasteiger partial charge on any atom is 0.262 e. The van der Waals surface area contributed by atoms with Crippen molar-refractivity contribution >= 4 is 34.0 Å². The van der Waals surface area contributed by atoms with Gasteiger partial charge in [0.2, 0.25) is 0 Å². The molecular formula is C25H21BrN4O3. The first-order valence-electron chi connectivity index (χ1n) is 10.1. The molecule has 0 aliphatic heterocycles. The van der Waals surface area contributed by atoms with Gasteiger partial charge in [0.15, 0.2) is 0 Å². The molecule has 0 saturated carbocycles. The second kappa shape index (κ2) is 11.6. The lowest BCUT2D eigenvalue weighted by Gasteiger charge is -2.12. The largest absolute Gasteiger partial charge is 0.489 e. The molecule has 2 N–H and O–H groups in total. The smallest absolute Gasteiger partial charge is 0.262 e. The van der Waals surface area contributed by atoms with Crippen LogP contribution in [0.2, 0.25) is 0 Å². The first-order chi connectivity index (χ1) is 16.0. The average molecular weight is 505 g/mol. The van der Waals surface area contributed by atoms with Crippen LogP contribution in [0, 0.1) is 11.3 Å². The molecule has 0 radical (unpaired) electrons. The van der Waals surface area contributed by atoms with Crippen molar-refractivity contribution in [2.24, 2.45) is 5.10 Å². The highest BCUT2D eigenvalue weighted by Crippen LogP contribution is 2.16. The number of nitrogens with zero attached hydrogens (tertiary/aromatic N) is 2. The molecule has 0 aliphatic rings. The Hall–Kier alpha value is -3.96. The Morgan fingerprint density at radius 2 is 1.79 bits per heavy atom. The summed E-state index contributed by atoms with van der Waals surface area (Å²) in [6.45, 7) is 1.87. The third-order valence-corrected chi connectivity index (χ3v) is 5.35. The van der Waals surface area contributed by atoms with Gasteiger partial charge in [0.05, 0.1) is 23.4 Å². The first-order valence-corrected chi connectivity index (χ1v) is 10.9. The van der Waals surface area contributed by atoms with Gasteiger partial charge in [-0.05, 0) is 70.9 Å². The minimum absolute atomic E-state index is 0.288. The second-order valence-electron chi connectivity index (χ2n) is 7.04. The second-order valence-corrected chi connectivity index (χ2v) is 7.89. The number of halogens is 1. The van der Waals surface area contributed by atoms with Crippen LogP contribution in [0.15, 0.2) is 82.4 Å². The highest BCUT2D eigenvalue weighted by molar-refractivity contribution is 9.10. The molecule has 3 aromatic carbocycles. The summed E-state index contributed by atoms with van der Waals surface area (Å²) in [4.78, 5) is 24.5. The van der Waals surface area contributed by atoms with E-state index in [1.807, 2.05) is 18.2 Å². The summed E-state index contributed by atoms with van der Waals surface area (Å²) >= 11 is 3.32. The van der Waals surface area contributed by atoms with Crippen LogP contribution >= 0.6 is 15.9 Å². The molecule has 0 heterocycles. The van der Waals surface area contributed by atoms with E-state index >= 15 is 0 Å². The molecule has 3 aromatic rings. The van der Waals surface area contributed by atoms with E-state index in [-0.39, 0.29) is 12.5 Å². The van der Waals surface area contributed by atoms with Crippen LogP contribution in [0.1, 0.15) is 34.0 Å². The maximum absolute atomic E-state index is 12.3. The molecule has 1 atom stereocenters. The van der Waals surface area contributed by atoms with Crippen LogP contribution in [0.3, 0.4) is 0 Å². The van der Waals surface area contributed by atoms with Crippen molar-refractivity contribution in [2.45, 2.75) is 19.6 Å². The van der Waals surface area contributed by atoms with Crippen LogP contribution in [-0.4, -0.2) is 24.1 Å². The minimum Gasteiger partial charge on any atom is -0.489 e. The van der Waals surface area contributed by atoms with E-state index in [1.165, 1.54) is 6.21 Å². The first kappa shape index (κ1) is 23.7. The number of nitrogens with one attached hydrogen (secondary N) is 2. The van der Waals surface area contributed by atoms with Gasteiger partial charge in [-0.1, -0.05) is 30.3 Å². The molecule has 8 heteroatoms. The van der Waals surface area contributed by atoms with Gasteiger partial charge in [0.1, 0.15) is 18.4 Å². The molecule has 0 fully saturated rings. The number of benzene rings is 3. The fourth-order valence-corrected chi connectivity index (χ4v) is 3.28. The van der Waals surface area contributed by atoms with Crippen LogP contribution in [-0.2, 0) is 11.4 Å². The predicted molar refractivity (Wildman–Crippen MR) is 129 cm³/mol. The van der Waals surface area contributed by atoms with E-state index in [9.17, 15) is 9.59 Å². The van der Waals surface area contributed by atoms with Gasteiger partial charge < -0.3 is 10.1 Å². The summed E-state index contributed by atoms with van der Waals surface area (Å²) in [6.07, 6.45) is 1.50. The molecule has 0 bridgehead atoms. The van der Waals surface area contributed by atoms with E-state index < -0.39 is 11.9 Å². The molecule has 1 unspecified atom stereocenters. The zero-order valence-corrected chi connectivity index (χ0v) is 19.4. The topological polar surface area (TPSA) is 104 Å². The van der Waals surface area contributed by atoms with Crippen molar-refractivity contribution < 1.29 is 14.3 Å². The number of amides is 2. The third-order valence-electron chi connectivity index (χ3n) is 4.66. The predicted octanol–water partition coefficient (Wildman–Crippen LogP) is 4.17. The Labute approximate surface area is 200 Å². The SMILES string of the molecule is CC(NC(=O)c1ccccc1Br)C(=O)NN=Cc1ccc(OCc2ccccc2C#N)cc1. The van der Waals surface area contributed by atoms with E-state index in [0.29, 0.717) is 21.3 Å². The fraction of sp³-hybridized carbons (Fsp3) is 0.120. The van der Waals surface area contributed by atoms with Crippen LogP contribution < -0.4 is 15.5 Å². The number of hydrazone groups is 1. The van der Waals surface area contributed by atoms with Crippen LogP contribution in [0.4, 0.5) is 0 Å².